The molecule has 0 amide bonds. The lowest BCUT2D eigenvalue weighted by atomic mass is 9.88. The molecule has 3 unspecified atom stereocenters. The number of halogens is 2. The number of benzene rings is 1. The molecule has 19 heavy (non-hydrogen) atoms. The van der Waals surface area contributed by atoms with Crippen molar-refractivity contribution in [3.05, 3.63) is 34.9 Å². The van der Waals surface area contributed by atoms with Crippen molar-refractivity contribution in [3.8, 4) is 0 Å². The molecule has 0 spiro atoms. The zero-order valence-electron chi connectivity index (χ0n) is 10.1. The molecule has 3 atom stereocenters. The number of hydrogen-bond acceptors (Lipinski definition) is 3. The highest BCUT2D eigenvalue weighted by Gasteiger charge is 2.35. The first-order valence-corrected chi connectivity index (χ1v) is 7.55. The van der Waals surface area contributed by atoms with E-state index < -0.39 is 5.97 Å². The number of hydrogen-bond donors (Lipinski definition) is 1. The lowest BCUT2D eigenvalue weighted by molar-refractivity contribution is -0.147. The molecular weight excluding hydrogens is 380 g/mol. The molecule has 0 bridgehead atoms. The highest BCUT2D eigenvalue weighted by Crippen LogP contribution is 2.45. The van der Waals surface area contributed by atoms with E-state index in [1.54, 1.807) is 12.1 Å². The predicted octanol–water partition coefficient (Wildman–Crippen LogP) is 3.59. The number of carboxylic acids is 1. The number of rotatable bonds is 2. The zero-order valence-corrected chi connectivity index (χ0v) is 13.3. The summed E-state index contributed by atoms with van der Waals surface area (Å²) in [4.78, 5) is 22.2. The quantitative estimate of drug-likeness (QED) is 0.618. The summed E-state index contributed by atoms with van der Waals surface area (Å²) in [6.45, 7) is 1.37. The molecule has 4 nitrogen and oxygen atoms in total. The van der Waals surface area contributed by atoms with Crippen LogP contribution >= 0.6 is 31.9 Å². The van der Waals surface area contributed by atoms with Crippen LogP contribution in [0.15, 0.2) is 18.2 Å². The summed E-state index contributed by atoms with van der Waals surface area (Å²) in [7, 11) is 0. The summed E-state index contributed by atoms with van der Waals surface area (Å²) in [6, 6.07) is 4.88. The molecule has 0 aromatic heterocycles. The minimum atomic E-state index is -0.965. The third-order valence-electron chi connectivity index (χ3n) is 3.03. The number of esters is 1. The van der Waals surface area contributed by atoms with E-state index in [4.69, 9.17) is 9.84 Å². The Kier molecular flexibility index (Phi) is 4.30. The monoisotopic (exact) mass is 390 g/mol. The van der Waals surface area contributed by atoms with Crippen molar-refractivity contribution in [2.45, 2.75) is 29.1 Å². The van der Waals surface area contributed by atoms with Gasteiger partial charge in [0.2, 0.25) is 0 Å². The Balaban J connectivity index is 2.46. The molecule has 0 heterocycles. The minimum absolute atomic E-state index is 0.00366. The highest BCUT2D eigenvalue weighted by molar-refractivity contribution is 9.10. The van der Waals surface area contributed by atoms with Crippen LogP contribution in [0.4, 0.5) is 0 Å². The van der Waals surface area contributed by atoms with Gasteiger partial charge in [0.05, 0.1) is 10.4 Å². The van der Waals surface area contributed by atoms with Crippen molar-refractivity contribution in [2.24, 2.45) is 0 Å². The molecule has 6 heteroatoms. The molecule has 2 rings (SSSR count). The Bertz CT molecular complexity index is 529. The van der Waals surface area contributed by atoms with Gasteiger partial charge >= 0.3 is 11.9 Å². The van der Waals surface area contributed by atoms with Crippen molar-refractivity contribution in [3.63, 3.8) is 0 Å². The maximum Gasteiger partial charge on any atom is 0.335 e. The standard InChI is InChI=1S/C13H12Br2O4/c1-6(16)19-12-8-3-2-7(13(17)18)4-9(8)10(14)5-11(12)15/h2-4,10-12H,5H2,1H3,(H,17,18). The first-order valence-electron chi connectivity index (χ1n) is 5.72. The van der Waals surface area contributed by atoms with Crippen LogP contribution < -0.4 is 0 Å². The van der Waals surface area contributed by atoms with Crippen LogP contribution in [0.3, 0.4) is 0 Å². The van der Waals surface area contributed by atoms with Crippen molar-refractivity contribution < 1.29 is 19.4 Å². The fourth-order valence-electron chi connectivity index (χ4n) is 2.20. The topological polar surface area (TPSA) is 63.6 Å². The van der Waals surface area contributed by atoms with E-state index in [-0.39, 0.29) is 27.3 Å². The number of aromatic carboxylic acids is 1. The third-order valence-corrected chi connectivity index (χ3v) is 4.75. The molecule has 0 radical (unpaired) electrons. The van der Waals surface area contributed by atoms with Crippen LogP contribution in [0.1, 0.15) is 45.8 Å². The minimum Gasteiger partial charge on any atom is -0.478 e. The summed E-state index contributed by atoms with van der Waals surface area (Å²) in [5.74, 6) is -1.32. The molecule has 0 saturated heterocycles. The van der Waals surface area contributed by atoms with Gasteiger partial charge < -0.3 is 9.84 Å². The molecule has 1 aromatic rings. The SMILES string of the molecule is CC(=O)OC1c2ccc(C(=O)O)cc2C(Br)CC1Br. The fraction of sp³-hybridized carbons (Fsp3) is 0.385. The van der Waals surface area contributed by atoms with Crippen LogP contribution in [0.25, 0.3) is 0 Å². The van der Waals surface area contributed by atoms with E-state index in [9.17, 15) is 9.59 Å². The Labute approximate surface area is 127 Å². The van der Waals surface area contributed by atoms with Crippen LogP contribution in [-0.4, -0.2) is 21.9 Å². The third kappa shape index (κ3) is 3.00. The van der Waals surface area contributed by atoms with E-state index in [1.807, 2.05) is 0 Å². The molecule has 0 aliphatic heterocycles. The van der Waals surface area contributed by atoms with E-state index in [1.165, 1.54) is 13.0 Å². The number of carbonyl (C=O) groups is 2. The van der Waals surface area contributed by atoms with Gasteiger partial charge in [0.1, 0.15) is 6.10 Å². The molecule has 1 N–H and O–H groups in total. The second kappa shape index (κ2) is 5.63. The summed E-state index contributed by atoms with van der Waals surface area (Å²) >= 11 is 7.06. The highest BCUT2D eigenvalue weighted by atomic mass is 79.9. The second-order valence-corrected chi connectivity index (χ2v) is 6.68. The summed E-state index contributed by atoms with van der Waals surface area (Å²) in [5.41, 5.74) is 1.94. The van der Waals surface area contributed by atoms with Gasteiger partial charge in [-0.3, -0.25) is 4.79 Å². The van der Waals surface area contributed by atoms with Crippen LogP contribution in [0.2, 0.25) is 0 Å². The Morgan fingerprint density at radius 2 is 2.00 bits per heavy atom. The number of ether oxygens (including phenoxy) is 1. The van der Waals surface area contributed by atoms with E-state index in [2.05, 4.69) is 31.9 Å². The van der Waals surface area contributed by atoms with Gasteiger partial charge in [-0.25, -0.2) is 4.79 Å². The van der Waals surface area contributed by atoms with Gasteiger partial charge in [-0.2, -0.15) is 0 Å². The summed E-state index contributed by atoms with van der Waals surface area (Å²) in [6.07, 6.45) is 0.331. The van der Waals surface area contributed by atoms with Gasteiger partial charge in [0.25, 0.3) is 0 Å². The second-order valence-electron chi connectivity index (χ2n) is 4.40. The van der Waals surface area contributed by atoms with Gasteiger partial charge in [-0.15, -0.1) is 0 Å². The van der Waals surface area contributed by atoms with Gasteiger partial charge in [-0.05, 0) is 29.7 Å². The lowest BCUT2D eigenvalue weighted by Crippen LogP contribution is -2.26. The predicted molar refractivity (Wildman–Crippen MR) is 76.9 cm³/mol. The van der Waals surface area contributed by atoms with Crippen molar-refractivity contribution in [1.82, 2.24) is 0 Å². The number of alkyl halides is 2. The summed E-state index contributed by atoms with van der Waals surface area (Å²) < 4.78 is 5.32. The van der Waals surface area contributed by atoms with Gasteiger partial charge in [0.15, 0.2) is 0 Å². The molecular formula is C13H12Br2O4. The van der Waals surface area contributed by atoms with Gasteiger partial charge in [0, 0.05) is 11.8 Å². The normalized spacial score (nSPS) is 25.5. The molecule has 102 valence electrons. The zero-order chi connectivity index (χ0) is 14.2. The van der Waals surface area contributed by atoms with Crippen molar-refractivity contribution in [1.29, 1.82) is 0 Å². The smallest absolute Gasteiger partial charge is 0.335 e. The number of carbonyl (C=O) groups excluding carboxylic acids is 1. The lowest BCUT2D eigenvalue weighted by Gasteiger charge is -2.32. The van der Waals surface area contributed by atoms with E-state index in [0.717, 1.165) is 11.1 Å². The Morgan fingerprint density at radius 3 is 2.58 bits per heavy atom. The average Bonchev–Trinajstić information content (AvgIpc) is 2.33. The van der Waals surface area contributed by atoms with E-state index in [0.29, 0.717) is 6.42 Å². The molecule has 0 fully saturated rings. The molecule has 1 aromatic carbocycles. The van der Waals surface area contributed by atoms with E-state index >= 15 is 0 Å². The van der Waals surface area contributed by atoms with Crippen molar-refractivity contribution >= 4 is 43.8 Å². The average molecular weight is 392 g/mol. The number of fused-ring (bicyclic) bond motifs is 1. The first-order chi connectivity index (χ1) is 8.90. The number of carboxylic acid groups (broad SMARTS) is 1. The summed E-state index contributed by atoms with van der Waals surface area (Å²) in [5, 5.41) is 9.03. The van der Waals surface area contributed by atoms with Crippen LogP contribution in [-0.2, 0) is 9.53 Å². The van der Waals surface area contributed by atoms with Gasteiger partial charge in [-0.1, -0.05) is 37.9 Å². The largest absolute Gasteiger partial charge is 0.478 e. The van der Waals surface area contributed by atoms with Crippen LogP contribution in [0, 0.1) is 0 Å². The molecule has 1 aliphatic carbocycles. The maximum absolute atomic E-state index is 11.2. The molecule has 0 saturated carbocycles. The van der Waals surface area contributed by atoms with Crippen molar-refractivity contribution in [2.75, 3.05) is 0 Å². The Morgan fingerprint density at radius 1 is 1.32 bits per heavy atom. The molecule has 1 aliphatic rings. The Hall–Kier alpha value is -0.880. The fourth-order valence-corrected chi connectivity index (χ4v) is 4.26. The maximum atomic E-state index is 11.2. The first kappa shape index (κ1) is 14.5. The van der Waals surface area contributed by atoms with Crippen LogP contribution in [0.5, 0.6) is 0 Å².